The average molecular weight is 397 g/mol. The van der Waals surface area contributed by atoms with E-state index in [1.165, 1.54) is 6.20 Å². The number of nitrogens with one attached hydrogen (secondary N) is 2. The Balaban J connectivity index is 1.66. The van der Waals surface area contributed by atoms with E-state index >= 15 is 0 Å². The number of nitrogens with zero attached hydrogens (tertiary/aromatic N) is 2. The summed E-state index contributed by atoms with van der Waals surface area (Å²) < 4.78 is 0.811. The van der Waals surface area contributed by atoms with Crippen LogP contribution in [-0.2, 0) is 0 Å². The number of carbonyl (C=O) groups excluding carboxylic acids is 1. The van der Waals surface area contributed by atoms with Gasteiger partial charge in [-0.3, -0.25) is 4.79 Å². The number of para-hydroxylation sites is 1. The number of anilines is 2. The summed E-state index contributed by atoms with van der Waals surface area (Å²) in [5.41, 5.74) is 2.10. The maximum absolute atomic E-state index is 12.3. The summed E-state index contributed by atoms with van der Waals surface area (Å²) in [5.74, 6) is 0.316. The number of carbonyl (C=O) groups is 1. The zero-order chi connectivity index (χ0) is 17.6. The van der Waals surface area contributed by atoms with Gasteiger partial charge in [0.05, 0.1) is 18.1 Å². The van der Waals surface area contributed by atoms with E-state index in [1.807, 2.05) is 61.5 Å². The molecule has 0 aliphatic carbocycles. The lowest BCUT2D eigenvalue weighted by Gasteiger charge is -2.14. The lowest BCUT2D eigenvalue weighted by molar-refractivity contribution is 0.102. The summed E-state index contributed by atoms with van der Waals surface area (Å²) in [7, 11) is 0. The molecule has 2 N–H and O–H groups in total. The SMILES string of the molecule is CC(Nc1cnc(C(=O)Nc2ccccc2Br)cn1)c1ccccc1. The molecule has 0 aliphatic heterocycles. The van der Waals surface area contributed by atoms with Gasteiger partial charge in [-0.1, -0.05) is 42.5 Å². The topological polar surface area (TPSA) is 66.9 Å². The second-order valence-electron chi connectivity index (χ2n) is 5.50. The highest BCUT2D eigenvalue weighted by atomic mass is 79.9. The highest BCUT2D eigenvalue weighted by Crippen LogP contribution is 2.22. The molecule has 1 atom stereocenters. The molecule has 0 aliphatic rings. The first-order chi connectivity index (χ1) is 12.1. The van der Waals surface area contributed by atoms with Gasteiger partial charge in [0.25, 0.3) is 5.91 Å². The minimum absolute atomic E-state index is 0.0930. The van der Waals surface area contributed by atoms with Crippen LogP contribution in [0, 0.1) is 0 Å². The van der Waals surface area contributed by atoms with Crippen molar-refractivity contribution in [3.8, 4) is 0 Å². The van der Waals surface area contributed by atoms with Crippen molar-refractivity contribution in [2.24, 2.45) is 0 Å². The normalized spacial score (nSPS) is 11.6. The van der Waals surface area contributed by atoms with Crippen molar-refractivity contribution in [3.05, 3.63) is 82.7 Å². The molecule has 0 saturated carbocycles. The van der Waals surface area contributed by atoms with Crippen molar-refractivity contribution in [2.75, 3.05) is 10.6 Å². The lowest BCUT2D eigenvalue weighted by Crippen LogP contribution is -2.15. The molecule has 0 spiro atoms. The monoisotopic (exact) mass is 396 g/mol. The highest BCUT2D eigenvalue weighted by molar-refractivity contribution is 9.10. The van der Waals surface area contributed by atoms with Crippen molar-refractivity contribution >= 4 is 33.3 Å². The van der Waals surface area contributed by atoms with Gasteiger partial charge in [-0.05, 0) is 40.5 Å². The number of aromatic nitrogens is 2. The lowest BCUT2D eigenvalue weighted by atomic mass is 10.1. The predicted octanol–water partition coefficient (Wildman–Crippen LogP) is 4.66. The standard InChI is InChI=1S/C19H17BrN4O/c1-13(14-7-3-2-4-8-14)23-18-12-21-17(11-22-18)19(25)24-16-10-6-5-9-15(16)20/h2-13H,1H3,(H,22,23)(H,24,25). The van der Waals surface area contributed by atoms with Gasteiger partial charge in [0, 0.05) is 10.5 Å². The number of halogens is 1. The van der Waals surface area contributed by atoms with Crippen LogP contribution in [0.4, 0.5) is 11.5 Å². The van der Waals surface area contributed by atoms with Crippen molar-refractivity contribution in [1.82, 2.24) is 9.97 Å². The Kier molecular flexibility index (Phi) is 5.40. The van der Waals surface area contributed by atoms with E-state index in [4.69, 9.17) is 0 Å². The van der Waals surface area contributed by atoms with Gasteiger partial charge in [0.15, 0.2) is 0 Å². The molecule has 0 fully saturated rings. The first kappa shape index (κ1) is 17.1. The van der Waals surface area contributed by atoms with Crippen LogP contribution in [0.2, 0.25) is 0 Å². The van der Waals surface area contributed by atoms with Crippen LogP contribution in [0.3, 0.4) is 0 Å². The minimum Gasteiger partial charge on any atom is -0.362 e. The van der Waals surface area contributed by atoms with Crippen LogP contribution in [0.5, 0.6) is 0 Å². The maximum Gasteiger partial charge on any atom is 0.275 e. The molecule has 0 radical (unpaired) electrons. The number of rotatable bonds is 5. The number of hydrogen-bond acceptors (Lipinski definition) is 4. The fourth-order valence-electron chi connectivity index (χ4n) is 2.32. The smallest absolute Gasteiger partial charge is 0.275 e. The van der Waals surface area contributed by atoms with E-state index in [0.717, 1.165) is 10.0 Å². The largest absolute Gasteiger partial charge is 0.362 e. The van der Waals surface area contributed by atoms with Crippen LogP contribution in [-0.4, -0.2) is 15.9 Å². The summed E-state index contributed by atoms with van der Waals surface area (Å²) in [6.07, 6.45) is 3.03. The van der Waals surface area contributed by atoms with Gasteiger partial charge >= 0.3 is 0 Å². The molecular formula is C19H17BrN4O. The van der Waals surface area contributed by atoms with Crippen molar-refractivity contribution in [1.29, 1.82) is 0 Å². The molecule has 126 valence electrons. The van der Waals surface area contributed by atoms with Gasteiger partial charge < -0.3 is 10.6 Å². The second kappa shape index (κ2) is 7.90. The molecule has 3 rings (SSSR count). The van der Waals surface area contributed by atoms with Gasteiger partial charge in [0.1, 0.15) is 11.5 Å². The fourth-order valence-corrected chi connectivity index (χ4v) is 2.70. The Morgan fingerprint density at radius 2 is 1.72 bits per heavy atom. The summed E-state index contributed by atoms with van der Waals surface area (Å²) in [5, 5.41) is 6.07. The van der Waals surface area contributed by atoms with Crippen molar-refractivity contribution in [3.63, 3.8) is 0 Å². The number of benzene rings is 2. The molecule has 5 nitrogen and oxygen atoms in total. The van der Waals surface area contributed by atoms with Crippen LogP contribution >= 0.6 is 15.9 Å². The van der Waals surface area contributed by atoms with Crippen molar-refractivity contribution < 1.29 is 4.79 Å². The number of amides is 1. The third-order valence-corrected chi connectivity index (χ3v) is 4.36. The Hall–Kier alpha value is -2.73. The average Bonchev–Trinajstić information content (AvgIpc) is 2.65. The quantitative estimate of drug-likeness (QED) is 0.657. The van der Waals surface area contributed by atoms with E-state index < -0.39 is 0 Å². The number of hydrogen-bond donors (Lipinski definition) is 2. The Morgan fingerprint density at radius 1 is 1.00 bits per heavy atom. The molecule has 1 amide bonds. The zero-order valence-electron chi connectivity index (χ0n) is 13.6. The fraction of sp³-hybridized carbons (Fsp3) is 0.105. The van der Waals surface area contributed by atoms with Crippen LogP contribution < -0.4 is 10.6 Å². The van der Waals surface area contributed by atoms with E-state index in [0.29, 0.717) is 11.5 Å². The summed E-state index contributed by atoms with van der Waals surface area (Å²) in [6, 6.07) is 17.6. The van der Waals surface area contributed by atoms with E-state index in [-0.39, 0.29) is 17.6 Å². The Morgan fingerprint density at radius 3 is 2.40 bits per heavy atom. The molecule has 25 heavy (non-hydrogen) atoms. The molecule has 0 saturated heterocycles. The molecular weight excluding hydrogens is 380 g/mol. The van der Waals surface area contributed by atoms with Crippen molar-refractivity contribution in [2.45, 2.75) is 13.0 Å². The third kappa shape index (κ3) is 4.42. The minimum atomic E-state index is -0.304. The molecule has 1 unspecified atom stereocenters. The summed E-state index contributed by atoms with van der Waals surface area (Å²) >= 11 is 3.40. The van der Waals surface area contributed by atoms with Gasteiger partial charge in [-0.25, -0.2) is 9.97 Å². The summed E-state index contributed by atoms with van der Waals surface area (Å²) in [4.78, 5) is 20.7. The molecule has 2 aromatic carbocycles. The molecule has 6 heteroatoms. The van der Waals surface area contributed by atoms with Gasteiger partial charge in [0.2, 0.25) is 0 Å². The first-order valence-electron chi connectivity index (χ1n) is 7.83. The first-order valence-corrected chi connectivity index (χ1v) is 8.62. The van der Waals surface area contributed by atoms with Crippen LogP contribution in [0.15, 0.2) is 71.5 Å². The van der Waals surface area contributed by atoms with Crippen LogP contribution in [0.25, 0.3) is 0 Å². The third-order valence-electron chi connectivity index (χ3n) is 3.67. The van der Waals surface area contributed by atoms with E-state index in [1.54, 1.807) is 6.20 Å². The summed E-state index contributed by atoms with van der Waals surface area (Å²) in [6.45, 7) is 2.05. The van der Waals surface area contributed by atoms with Gasteiger partial charge in [-0.2, -0.15) is 0 Å². The molecule has 1 aromatic heterocycles. The maximum atomic E-state index is 12.3. The zero-order valence-corrected chi connectivity index (χ0v) is 15.2. The van der Waals surface area contributed by atoms with Gasteiger partial charge in [-0.15, -0.1) is 0 Å². The second-order valence-corrected chi connectivity index (χ2v) is 6.35. The van der Waals surface area contributed by atoms with E-state index in [2.05, 4.69) is 36.5 Å². The molecule has 0 bridgehead atoms. The Bertz CT molecular complexity index is 853. The van der Waals surface area contributed by atoms with E-state index in [9.17, 15) is 4.79 Å². The molecule has 3 aromatic rings. The predicted molar refractivity (Wildman–Crippen MR) is 103 cm³/mol. The highest BCUT2D eigenvalue weighted by Gasteiger charge is 2.11. The van der Waals surface area contributed by atoms with Crippen LogP contribution in [0.1, 0.15) is 29.0 Å². The molecule has 1 heterocycles. The Labute approximate surface area is 154 Å².